The van der Waals surface area contributed by atoms with Crippen molar-refractivity contribution in [2.75, 3.05) is 13.2 Å². The summed E-state index contributed by atoms with van der Waals surface area (Å²) in [5.41, 5.74) is -0.905. The van der Waals surface area contributed by atoms with E-state index in [0.717, 1.165) is 12.8 Å². The van der Waals surface area contributed by atoms with Gasteiger partial charge in [-0.3, -0.25) is 4.79 Å². The normalized spacial score (nSPS) is 15.9. The third-order valence-corrected chi connectivity index (χ3v) is 3.88. The van der Waals surface area contributed by atoms with Crippen LogP contribution in [0.15, 0.2) is 24.3 Å². The Morgan fingerprint density at radius 3 is 2.70 bits per heavy atom. The van der Waals surface area contributed by atoms with E-state index in [1.165, 1.54) is 0 Å². The quantitative estimate of drug-likeness (QED) is 0.770. The Hall–Kier alpha value is -2.26. The Morgan fingerprint density at radius 2 is 2.09 bits per heavy atom. The fourth-order valence-corrected chi connectivity index (χ4v) is 2.28. The molecule has 1 aliphatic rings. The molecule has 23 heavy (non-hydrogen) atoms. The average molecular weight is 337 g/mol. The molecule has 1 amide bonds. The molecule has 0 aromatic heterocycles. The first-order chi connectivity index (χ1) is 10.9. The zero-order valence-corrected chi connectivity index (χ0v) is 13.4. The molecule has 0 aliphatic heterocycles. The van der Waals surface area contributed by atoms with E-state index in [4.69, 9.17) is 26.3 Å². The first-order valence-corrected chi connectivity index (χ1v) is 7.57. The maximum Gasteiger partial charge on any atom is 0.344 e. The average Bonchev–Trinajstić information content (AvgIpc) is 3.37. The number of rotatable bonds is 7. The van der Waals surface area contributed by atoms with Crippen molar-refractivity contribution >= 4 is 23.5 Å². The molecule has 7 heteroatoms. The second-order valence-electron chi connectivity index (χ2n) is 5.52. The van der Waals surface area contributed by atoms with Crippen LogP contribution < -0.4 is 10.1 Å². The van der Waals surface area contributed by atoms with Crippen LogP contribution in [0, 0.1) is 17.2 Å². The van der Waals surface area contributed by atoms with Crippen LogP contribution in [-0.2, 0) is 14.3 Å². The van der Waals surface area contributed by atoms with Gasteiger partial charge in [-0.15, -0.1) is 0 Å². The van der Waals surface area contributed by atoms with Gasteiger partial charge in [0.1, 0.15) is 11.3 Å². The zero-order chi connectivity index (χ0) is 16.9. The lowest BCUT2D eigenvalue weighted by Crippen LogP contribution is -2.48. The maximum absolute atomic E-state index is 11.8. The molecular weight excluding hydrogens is 320 g/mol. The van der Waals surface area contributed by atoms with Crippen LogP contribution in [0.4, 0.5) is 0 Å². The molecule has 0 spiro atoms. The number of nitrogens with zero attached hydrogens (tertiary/aromatic N) is 1. The summed E-state index contributed by atoms with van der Waals surface area (Å²) in [5.74, 6) is -0.672. The highest BCUT2D eigenvalue weighted by molar-refractivity contribution is 6.32. The molecule has 2 rings (SSSR count). The van der Waals surface area contributed by atoms with Crippen LogP contribution in [0.1, 0.15) is 19.8 Å². The van der Waals surface area contributed by atoms with Crippen LogP contribution in [0.5, 0.6) is 5.75 Å². The van der Waals surface area contributed by atoms with Crippen LogP contribution >= 0.6 is 11.6 Å². The Labute approximate surface area is 139 Å². The lowest BCUT2D eigenvalue weighted by molar-refractivity contribution is -0.150. The molecule has 6 nitrogen and oxygen atoms in total. The minimum Gasteiger partial charge on any atom is -0.480 e. The molecule has 1 aliphatic carbocycles. The van der Waals surface area contributed by atoms with Crippen LogP contribution in [-0.4, -0.2) is 30.6 Å². The molecule has 1 atom stereocenters. The summed E-state index contributed by atoms with van der Waals surface area (Å²) in [4.78, 5) is 23.4. The van der Waals surface area contributed by atoms with Crippen molar-refractivity contribution in [2.45, 2.75) is 25.3 Å². The highest BCUT2D eigenvalue weighted by Gasteiger charge is 2.43. The summed E-state index contributed by atoms with van der Waals surface area (Å²) in [7, 11) is 0. The van der Waals surface area contributed by atoms with Crippen molar-refractivity contribution < 1.29 is 19.1 Å². The molecule has 1 fully saturated rings. The van der Waals surface area contributed by atoms with E-state index in [1.54, 1.807) is 31.2 Å². The standard InChI is InChI=1S/C16H17ClN2O4/c1-16(10-18,11-6-7-11)19-14(20)8-23-15(21)9-22-13-5-3-2-4-12(13)17/h2-5,11H,6-9H2,1H3,(H,19,20)/t16-/m0/s1. The first kappa shape index (κ1) is 17.1. The molecule has 0 unspecified atom stereocenters. The molecule has 0 saturated heterocycles. The lowest BCUT2D eigenvalue weighted by Gasteiger charge is -2.22. The van der Waals surface area contributed by atoms with Gasteiger partial charge in [0.25, 0.3) is 5.91 Å². The monoisotopic (exact) mass is 336 g/mol. The Bertz CT molecular complexity index is 639. The van der Waals surface area contributed by atoms with Gasteiger partial charge in [-0.2, -0.15) is 5.26 Å². The zero-order valence-electron chi connectivity index (χ0n) is 12.7. The topological polar surface area (TPSA) is 88.4 Å². The SMILES string of the molecule is C[C@@](C#N)(NC(=O)COC(=O)COc1ccccc1Cl)C1CC1. The van der Waals surface area contributed by atoms with Crippen molar-refractivity contribution in [3.05, 3.63) is 29.3 Å². The summed E-state index contributed by atoms with van der Waals surface area (Å²) in [6, 6.07) is 8.82. The molecule has 0 bridgehead atoms. The summed E-state index contributed by atoms with van der Waals surface area (Å²) in [6.07, 6.45) is 1.83. The minimum absolute atomic E-state index is 0.163. The number of hydrogen-bond donors (Lipinski definition) is 1. The van der Waals surface area contributed by atoms with Gasteiger partial charge in [-0.1, -0.05) is 23.7 Å². The van der Waals surface area contributed by atoms with Crippen molar-refractivity contribution in [3.8, 4) is 11.8 Å². The molecule has 0 heterocycles. The Kier molecular flexibility index (Phi) is 5.45. The van der Waals surface area contributed by atoms with Crippen LogP contribution in [0.2, 0.25) is 5.02 Å². The van der Waals surface area contributed by atoms with E-state index >= 15 is 0 Å². The van der Waals surface area contributed by atoms with E-state index in [0.29, 0.717) is 10.8 Å². The van der Waals surface area contributed by atoms with E-state index in [-0.39, 0.29) is 12.5 Å². The molecule has 122 valence electrons. The van der Waals surface area contributed by atoms with Crippen molar-refractivity contribution in [1.29, 1.82) is 5.26 Å². The predicted octanol–water partition coefficient (Wildman–Crippen LogP) is 2.07. The Morgan fingerprint density at radius 1 is 1.39 bits per heavy atom. The van der Waals surface area contributed by atoms with E-state index < -0.39 is 24.0 Å². The molecular formula is C16H17ClN2O4. The molecule has 1 aromatic carbocycles. The second-order valence-corrected chi connectivity index (χ2v) is 5.92. The number of nitriles is 1. The summed E-state index contributed by atoms with van der Waals surface area (Å²) in [6.45, 7) is 0.870. The number of carbonyl (C=O) groups excluding carboxylic acids is 2. The number of ether oxygens (including phenoxy) is 2. The molecule has 1 N–H and O–H groups in total. The van der Waals surface area contributed by atoms with Gasteiger partial charge >= 0.3 is 5.97 Å². The second kappa shape index (κ2) is 7.34. The van der Waals surface area contributed by atoms with Gasteiger partial charge < -0.3 is 14.8 Å². The number of para-hydroxylation sites is 1. The fourth-order valence-electron chi connectivity index (χ4n) is 2.09. The Balaban J connectivity index is 1.73. The molecule has 1 saturated carbocycles. The van der Waals surface area contributed by atoms with Crippen LogP contribution in [0.3, 0.4) is 0 Å². The van der Waals surface area contributed by atoms with Crippen molar-refractivity contribution in [3.63, 3.8) is 0 Å². The van der Waals surface area contributed by atoms with E-state index in [1.807, 2.05) is 0 Å². The number of halogens is 1. The third-order valence-electron chi connectivity index (χ3n) is 3.57. The van der Waals surface area contributed by atoms with Gasteiger partial charge in [0.15, 0.2) is 13.2 Å². The number of carbonyl (C=O) groups is 2. The number of nitrogens with one attached hydrogen (secondary N) is 1. The van der Waals surface area contributed by atoms with Gasteiger partial charge in [0, 0.05) is 0 Å². The van der Waals surface area contributed by atoms with E-state index in [2.05, 4.69) is 11.4 Å². The predicted molar refractivity (Wildman–Crippen MR) is 82.8 cm³/mol. The van der Waals surface area contributed by atoms with Gasteiger partial charge in [0.05, 0.1) is 11.1 Å². The first-order valence-electron chi connectivity index (χ1n) is 7.20. The number of benzene rings is 1. The van der Waals surface area contributed by atoms with Gasteiger partial charge in [-0.25, -0.2) is 4.79 Å². The fraction of sp³-hybridized carbons (Fsp3) is 0.438. The molecule has 0 radical (unpaired) electrons. The number of amides is 1. The smallest absolute Gasteiger partial charge is 0.344 e. The minimum atomic E-state index is -0.905. The van der Waals surface area contributed by atoms with Gasteiger partial charge in [0.2, 0.25) is 0 Å². The summed E-state index contributed by atoms with van der Waals surface area (Å²) < 4.78 is 10.0. The van der Waals surface area contributed by atoms with Crippen LogP contribution in [0.25, 0.3) is 0 Å². The number of esters is 1. The highest BCUT2D eigenvalue weighted by atomic mass is 35.5. The van der Waals surface area contributed by atoms with Gasteiger partial charge in [-0.05, 0) is 37.8 Å². The number of hydrogen-bond acceptors (Lipinski definition) is 5. The van der Waals surface area contributed by atoms with Crippen molar-refractivity contribution in [1.82, 2.24) is 5.32 Å². The highest BCUT2D eigenvalue weighted by Crippen LogP contribution is 2.39. The third kappa shape index (κ3) is 4.86. The lowest BCUT2D eigenvalue weighted by atomic mass is 9.98. The summed E-state index contributed by atoms with van der Waals surface area (Å²) in [5, 5.41) is 12.1. The van der Waals surface area contributed by atoms with Crippen molar-refractivity contribution in [2.24, 2.45) is 5.92 Å². The summed E-state index contributed by atoms with van der Waals surface area (Å²) >= 11 is 5.89. The largest absolute Gasteiger partial charge is 0.480 e. The maximum atomic E-state index is 11.8. The molecule has 1 aromatic rings. The van der Waals surface area contributed by atoms with E-state index in [9.17, 15) is 9.59 Å².